The Balaban J connectivity index is 1.59. The van der Waals surface area contributed by atoms with E-state index >= 15 is 0 Å². The highest BCUT2D eigenvalue weighted by molar-refractivity contribution is 5.97. The molecule has 0 atom stereocenters. The lowest BCUT2D eigenvalue weighted by Crippen LogP contribution is -2.21. The van der Waals surface area contributed by atoms with Gasteiger partial charge in [0.25, 0.3) is 17.5 Å². The number of ether oxygens (including phenoxy) is 2. The van der Waals surface area contributed by atoms with Gasteiger partial charge in [-0.05, 0) is 50.2 Å². The molecule has 0 saturated carbocycles. The highest BCUT2D eigenvalue weighted by Gasteiger charge is 2.18. The van der Waals surface area contributed by atoms with Crippen LogP contribution in [-0.4, -0.2) is 40.2 Å². The molecule has 160 valence electrons. The monoisotopic (exact) mass is 426 g/mol. The smallest absolute Gasteiger partial charge is 0.338 e. The van der Waals surface area contributed by atoms with Gasteiger partial charge in [0.05, 0.1) is 23.2 Å². The molecule has 1 heterocycles. The van der Waals surface area contributed by atoms with E-state index in [9.17, 15) is 19.7 Å². The van der Waals surface area contributed by atoms with Gasteiger partial charge in [-0.2, -0.15) is 4.98 Å². The highest BCUT2D eigenvalue weighted by atomic mass is 16.6. The van der Waals surface area contributed by atoms with Crippen molar-refractivity contribution in [1.29, 1.82) is 0 Å². The van der Waals surface area contributed by atoms with Crippen LogP contribution in [0.15, 0.2) is 47.0 Å². The molecule has 1 aromatic heterocycles. The van der Waals surface area contributed by atoms with E-state index in [-0.39, 0.29) is 16.9 Å². The Labute approximate surface area is 176 Å². The van der Waals surface area contributed by atoms with Crippen LogP contribution in [0, 0.1) is 17.0 Å². The van der Waals surface area contributed by atoms with Crippen molar-refractivity contribution < 1.29 is 28.5 Å². The standard InChI is InChI=1S/C20H18N4O7/c1-3-29-15-8-9-16(17(10-15)24(27)28)22-18(25)11-30-20(26)14-6-4-13(5-7-14)19-21-12(2)23-31-19/h4-10H,3,11H2,1-2H3,(H,22,25). The number of nitrogens with zero attached hydrogens (tertiary/aromatic N) is 3. The summed E-state index contributed by atoms with van der Waals surface area (Å²) in [6.07, 6.45) is 0. The van der Waals surface area contributed by atoms with E-state index in [1.165, 1.54) is 30.3 Å². The van der Waals surface area contributed by atoms with Crippen molar-refractivity contribution in [3.05, 3.63) is 64.0 Å². The molecule has 1 N–H and O–H groups in total. The van der Waals surface area contributed by atoms with Gasteiger partial charge in [0.2, 0.25) is 0 Å². The maximum atomic E-state index is 12.2. The minimum absolute atomic E-state index is 0.0336. The van der Waals surface area contributed by atoms with Gasteiger partial charge < -0.3 is 19.3 Å². The third-order valence-electron chi connectivity index (χ3n) is 3.98. The second kappa shape index (κ2) is 9.48. The van der Waals surface area contributed by atoms with Crippen molar-refractivity contribution in [1.82, 2.24) is 10.1 Å². The van der Waals surface area contributed by atoms with E-state index in [0.717, 1.165) is 0 Å². The first-order valence-electron chi connectivity index (χ1n) is 9.16. The molecule has 0 saturated heterocycles. The fourth-order valence-corrected chi connectivity index (χ4v) is 2.59. The molecule has 0 aliphatic rings. The lowest BCUT2D eigenvalue weighted by molar-refractivity contribution is -0.384. The zero-order valence-electron chi connectivity index (χ0n) is 16.7. The number of hydrogen-bond acceptors (Lipinski definition) is 9. The molecular formula is C20H18N4O7. The molecule has 0 radical (unpaired) electrons. The zero-order chi connectivity index (χ0) is 22.4. The molecule has 3 aromatic rings. The Kier molecular flexibility index (Phi) is 6.55. The van der Waals surface area contributed by atoms with Crippen LogP contribution >= 0.6 is 0 Å². The molecule has 0 aliphatic heterocycles. The van der Waals surface area contributed by atoms with E-state index in [0.29, 0.717) is 29.6 Å². The second-order valence-electron chi connectivity index (χ2n) is 6.22. The first-order valence-corrected chi connectivity index (χ1v) is 9.16. The van der Waals surface area contributed by atoms with Gasteiger partial charge in [-0.25, -0.2) is 4.79 Å². The van der Waals surface area contributed by atoms with E-state index in [2.05, 4.69) is 15.5 Å². The number of esters is 1. The molecule has 1 amide bonds. The number of amides is 1. The van der Waals surface area contributed by atoms with Crippen LogP contribution in [0.2, 0.25) is 0 Å². The third-order valence-corrected chi connectivity index (χ3v) is 3.98. The van der Waals surface area contributed by atoms with E-state index in [1.807, 2.05) is 0 Å². The second-order valence-corrected chi connectivity index (χ2v) is 6.22. The first kappa shape index (κ1) is 21.4. The van der Waals surface area contributed by atoms with Crippen molar-refractivity contribution in [2.24, 2.45) is 0 Å². The van der Waals surface area contributed by atoms with Crippen LogP contribution in [0.4, 0.5) is 11.4 Å². The van der Waals surface area contributed by atoms with Crippen molar-refractivity contribution >= 4 is 23.3 Å². The molecule has 3 rings (SSSR count). The summed E-state index contributed by atoms with van der Waals surface area (Å²) in [5.74, 6) is -0.355. The number of hydrogen-bond donors (Lipinski definition) is 1. The number of nitro groups is 1. The van der Waals surface area contributed by atoms with Gasteiger partial charge in [-0.3, -0.25) is 14.9 Å². The van der Waals surface area contributed by atoms with Crippen molar-refractivity contribution in [2.75, 3.05) is 18.5 Å². The van der Waals surface area contributed by atoms with Gasteiger partial charge in [-0.1, -0.05) is 5.16 Å². The average Bonchev–Trinajstić information content (AvgIpc) is 3.19. The van der Waals surface area contributed by atoms with Crippen LogP contribution < -0.4 is 10.1 Å². The third kappa shape index (κ3) is 5.41. The number of nitrogens with one attached hydrogen (secondary N) is 1. The van der Waals surface area contributed by atoms with E-state index in [4.69, 9.17) is 14.0 Å². The SMILES string of the molecule is CCOc1ccc(NC(=O)COC(=O)c2ccc(-c3nc(C)no3)cc2)c([N+](=O)[O-])c1. The molecule has 0 fully saturated rings. The predicted molar refractivity (Wildman–Crippen MR) is 108 cm³/mol. The summed E-state index contributed by atoms with van der Waals surface area (Å²) in [6, 6.07) is 10.2. The quantitative estimate of drug-likeness (QED) is 0.326. The minimum Gasteiger partial charge on any atom is -0.494 e. The number of aromatic nitrogens is 2. The topological polar surface area (TPSA) is 147 Å². The molecule has 0 unspecified atom stereocenters. The van der Waals surface area contributed by atoms with Crippen molar-refractivity contribution in [3.8, 4) is 17.2 Å². The summed E-state index contributed by atoms with van der Waals surface area (Å²) in [5.41, 5.74) is 0.462. The zero-order valence-corrected chi connectivity index (χ0v) is 16.7. The van der Waals surface area contributed by atoms with Crippen molar-refractivity contribution in [2.45, 2.75) is 13.8 Å². The Bertz CT molecular complexity index is 1110. The number of aryl methyl sites for hydroxylation is 1. The lowest BCUT2D eigenvalue weighted by atomic mass is 10.1. The molecule has 11 nitrogen and oxygen atoms in total. The first-order chi connectivity index (χ1) is 14.9. The van der Waals surface area contributed by atoms with Gasteiger partial charge >= 0.3 is 5.97 Å². The van der Waals surface area contributed by atoms with Gasteiger partial charge in [0, 0.05) is 5.56 Å². The molecule has 11 heteroatoms. The Morgan fingerprint density at radius 3 is 2.55 bits per heavy atom. The molecule has 2 aromatic carbocycles. The van der Waals surface area contributed by atoms with Gasteiger partial charge in [0.15, 0.2) is 12.4 Å². The number of carbonyl (C=O) groups excluding carboxylic acids is 2. The fraction of sp³-hybridized carbons (Fsp3) is 0.200. The molecule has 31 heavy (non-hydrogen) atoms. The van der Waals surface area contributed by atoms with Crippen LogP contribution in [0.5, 0.6) is 5.75 Å². The summed E-state index contributed by atoms with van der Waals surface area (Å²) in [7, 11) is 0. The number of rotatable bonds is 8. The molecule has 0 bridgehead atoms. The van der Waals surface area contributed by atoms with Crippen LogP contribution in [0.25, 0.3) is 11.5 Å². The Hall–Kier alpha value is -4.28. The maximum absolute atomic E-state index is 12.2. The fourth-order valence-electron chi connectivity index (χ4n) is 2.59. The number of carbonyl (C=O) groups is 2. The maximum Gasteiger partial charge on any atom is 0.338 e. The summed E-state index contributed by atoms with van der Waals surface area (Å²) in [6.45, 7) is 3.16. The van der Waals surface area contributed by atoms with Crippen LogP contribution in [0.3, 0.4) is 0 Å². The predicted octanol–water partition coefficient (Wildman–Crippen LogP) is 3.15. The number of nitro benzene ring substituents is 1. The number of benzene rings is 2. The van der Waals surface area contributed by atoms with Crippen molar-refractivity contribution in [3.63, 3.8) is 0 Å². The lowest BCUT2D eigenvalue weighted by Gasteiger charge is -2.09. The summed E-state index contributed by atoms with van der Waals surface area (Å²) in [4.78, 5) is 39.0. The minimum atomic E-state index is -0.732. The molecular weight excluding hydrogens is 408 g/mol. The summed E-state index contributed by atoms with van der Waals surface area (Å²) in [5, 5.41) is 17.3. The average molecular weight is 426 g/mol. The highest BCUT2D eigenvalue weighted by Crippen LogP contribution is 2.29. The normalized spacial score (nSPS) is 10.4. The Morgan fingerprint density at radius 1 is 1.19 bits per heavy atom. The molecule has 0 spiro atoms. The number of anilines is 1. The summed E-state index contributed by atoms with van der Waals surface area (Å²) < 4.78 is 15.2. The largest absolute Gasteiger partial charge is 0.494 e. The van der Waals surface area contributed by atoms with Crippen LogP contribution in [-0.2, 0) is 9.53 Å². The van der Waals surface area contributed by atoms with E-state index in [1.54, 1.807) is 26.0 Å². The summed E-state index contributed by atoms with van der Waals surface area (Å²) >= 11 is 0. The van der Waals surface area contributed by atoms with E-state index < -0.39 is 23.4 Å². The van der Waals surface area contributed by atoms with Gasteiger partial charge in [0.1, 0.15) is 11.4 Å². The van der Waals surface area contributed by atoms with Crippen LogP contribution in [0.1, 0.15) is 23.1 Å². The van der Waals surface area contributed by atoms with Gasteiger partial charge in [-0.15, -0.1) is 0 Å². The Morgan fingerprint density at radius 2 is 1.94 bits per heavy atom. The molecule has 0 aliphatic carbocycles.